The van der Waals surface area contributed by atoms with Crippen molar-refractivity contribution < 1.29 is 14.7 Å². The van der Waals surface area contributed by atoms with Crippen molar-refractivity contribution >= 4 is 12.3 Å². The second-order valence-electron chi connectivity index (χ2n) is 3.55. The van der Waals surface area contributed by atoms with Crippen molar-refractivity contribution in [2.45, 2.75) is 27.2 Å². The van der Waals surface area contributed by atoms with E-state index in [1.165, 1.54) is 0 Å². The third-order valence-electron chi connectivity index (χ3n) is 1.57. The third kappa shape index (κ3) is 3.75. The molecule has 0 rings (SSSR count). The normalized spacial score (nSPS) is 14.1. The minimum atomic E-state index is -0.847. The van der Waals surface area contributed by atoms with Gasteiger partial charge < -0.3 is 9.90 Å². The van der Waals surface area contributed by atoms with Gasteiger partial charge in [-0.1, -0.05) is 20.8 Å². The van der Waals surface area contributed by atoms with Gasteiger partial charge in [0.15, 0.2) is 0 Å². The van der Waals surface area contributed by atoms with Crippen molar-refractivity contribution in [2.24, 2.45) is 11.3 Å². The van der Waals surface area contributed by atoms with Gasteiger partial charge in [-0.05, 0) is 6.42 Å². The number of carbonyl (C=O) groups is 2. The lowest BCUT2D eigenvalue weighted by molar-refractivity contribution is -0.142. The van der Waals surface area contributed by atoms with Crippen LogP contribution in [0.3, 0.4) is 0 Å². The van der Waals surface area contributed by atoms with Crippen LogP contribution in [0.5, 0.6) is 0 Å². The fraction of sp³-hybridized carbons (Fsp3) is 0.750. The van der Waals surface area contributed by atoms with E-state index in [4.69, 9.17) is 5.11 Å². The van der Waals surface area contributed by atoms with E-state index in [0.717, 1.165) is 6.29 Å². The molecule has 0 aliphatic rings. The van der Waals surface area contributed by atoms with Gasteiger partial charge in [0.25, 0.3) is 0 Å². The SMILES string of the molecule is CC(CC(C)(C)C=O)C(=O)O. The van der Waals surface area contributed by atoms with Crippen LogP contribution in [0.15, 0.2) is 0 Å². The van der Waals surface area contributed by atoms with Crippen LogP contribution in [-0.2, 0) is 9.59 Å². The molecule has 3 heteroatoms. The molecule has 0 aromatic heterocycles. The van der Waals surface area contributed by atoms with Crippen LogP contribution in [0, 0.1) is 11.3 Å². The van der Waals surface area contributed by atoms with Gasteiger partial charge in [0.05, 0.1) is 5.92 Å². The average Bonchev–Trinajstić information content (AvgIpc) is 1.87. The molecular formula is C8H14O3. The highest BCUT2D eigenvalue weighted by Gasteiger charge is 2.23. The number of aldehydes is 1. The average molecular weight is 158 g/mol. The predicted molar refractivity (Wildman–Crippen MR) is 41.3 cm³/mol. The molecule has 0 aromatic rings. The van der Waals surface area contributed by atoms with Crippen molar-refractivity contribution in [1.29, 1.82) is 0 Å². The minimum Gasteiger partial charge on any atom is -0.481 e. The first kappa shape index (κ1) is 10.1. The van der Waals surface area contributed by atoms with Crippen LogP contribution >= 0.6 is 0 Å². The molecule has 0 fully saturated rings. The zero-order chi connectivity index (χ0) is 9.07. The maximum absolute atomic E-state index is 10.4. The molecule has 1 N–H and O–H groups in total. The summed E-state index contributed by atoms with van der Waals surface area (Å²) in [6.07, 6.45) is 1.19. The lowest BCUT2D eigenvalue weighted by Gasteiger charge is -2.18. The summed E-state index contributed by atoms with van der Waals surface area (Å²) < 4.78 is 0. The van der Waals surface area contributed by atoms with Crippen LogP contribution in [0.2, 0.25) is 0 Å². The Labute approximate surface area is 66.4 Å². The highest BCUT2D eigenvalue weighted by Crippen LogP contribution is 2.22. The largest absolute Gasteiger partial charge is 0.481 e. The molecule has 0 bridgehead atoms. The molecule has 0 saturated carbocycles. The molecule has 0 aromatic carbocycles. The van der Waals surface area contributed by atoms with Gasteiger partial charge in [-0.25, -0.2) is 0 Å². The smallest absolute Gasteiger partial charge is 0.306 e. The number of carboxylic acids is 1. The maximum Gasteiger partial charge on any atom is 0.306 e. The van der Waals surface area contributed by atoms with E-state index in [2.05, 4.69) is 0 Å². The Balaban J connectivity index is 4.03. The Kier molecular flexibility index (Phi) is 3.23. The topological polar surface area (TPSA) is 54.4 Å². The van der Waals surface area contributed by atoms with Crippen LogP contribution in [0.4, 0.5) is 0 Å². The van der Waals surface area contributed by atoms with Crippen molar-refractivity contribution in [3.05, 3.63) is 0 Å². The standard InChI is InChI=1S/C8H14O3/c1-6(7(10)11)4-8(2,3)5-9/h5-6H,4H2,1-3H3,(H,10,11). The summed E-state index contributed by atoms with van der Waals surface area (Å²) in [4.78, 5) is 20.8. The number of carboxylic acid groups (broad SMARTS) is 1. The highest BCUT2D eigenvalue weighted by molar-refractivity contribution is 5.70. The van der Waals surface area contributed by atoms with Crippen LogP contribution in [-0.4, -0.2) is 17.4 Å². The lowest BCUT2D eigenvalue weighted by Crippen LogP contribution is -2.21. The zero-order valence-corrected chi connectivity index (χ0v) is 7.13. The molecule has 1 unspecified atom stereocenters. The molecule has 0 radical (unpaired) electrons. The van der Waals surface area contributed by atoms with E-state index >= 15 is 0 Å². The lowest BCUT2D eigenvalue weighted by atomic mass is 9.85. The molecule has 0 amide bonds. The monoisotopic (exact) mass is 158 g/mol. The summed E-state index contributed by atoms with van der Waals surface area (Å²) in [5.41, 5.74) is -0.516. The molecular weight excluding hydrogens is 144 g/mol. The maximum atomic E-state index is 10.4. The summed E-state index contributed by atoms with van der Waals surface area (Å²) in [6, 6.07) is 0. The highest BCUT2D eigenvalue weighted by atomic mass is 16.4. The van der Waals surface area contributed by atoms with Crippen LogP contribution < -0.4 is 0 Å². The van der Waals surface area contributed by atoms with Crippen molar-refractivity contribution in [1.82, 2.24) is 0 Å². The first-order valence-corrected chi connectivity index (χ1v) is 3.58. The van der Waals surface area contributed by atoms with Crippen molar-refractivity contribution in [3.8, 4) is 0 Å². The van der Waals surface area contributed by atoms with Gasteiger partial charge in [0, 0.05) is 5.41 Å². The molecule has 64 valence electrons. The second-order valence-corrected chi connectivity index (χ2v) is 3.55. The van der Waals surface area contributed by atoms with E-state index in [0.29, 0.717) is 6.42 Å². The van der Waals surface area contributed by atoms with Crippen LogP contribution in [0.1, 0.15) is 27.2 Å². The Morgan fingerprint density at radius 1 is 1.64 bits per heavy atom. The van der Waals surface area contributed by atoms with Crippen molar-refractivity contribution in [3.63, 3.8) is 0 Å². The number of hydrogen-bond acceptors (Lipinski definition) is 2. The molecule has 0 aliphatic heterocycles. The summed E-state index contributed by atoms with van der Waals surface area (Å²) in [5.74, 6) is -1.30. The van der Waals surface area contributed by atoms with Crippen LogP contribution in [0.25, 0.3) is 0 Å². The van der Waals surface area contributed by atoms with E-state index in [1.807, 2.05) is 0 Å². The minimum absolute atomic E-state index is 0.395. The zero-order valence-electron chi connectivity index (χ0n) is 7.13. The van der Waals surface area contributed by atoms with Gasteiger partial charge in [-0.3, -0.25) is 4.79 Å². The Morgan fingerprint density at radius 3 is 2.36 bits per heavy atom. The quantitative estimate of drug-likeness (QED) is 0.628. The first-order chi connectivity index (χ1) is 4.89. The molecule has 3 nitrogen and oxygen atoms in total. The molecule has 1 atom stereocenters. The van der Waals surface area contributed by atoms with E-state index in [1.54, 1.807) is 20.8 Å². The van der Waals surface area contributed by atoms with E-state index < -0.39 is 17.3 Å². The predicted octanol–water partition coefficient (Wildman–Crippen LogP) is 1.32. The fourth-order valence-corrected chi connectivity index (χ4v) is 0.925. The summed E-state index contributed by atoms with van der Waals surface area (Å²) in [5, 5.41) is 8.52. The Hall–Kier alpha value is -0.860. The number of carbonyl (C=O) groups excluding carboxylic acids is 1. The van der Waals surface area contributed by atoms with Gasteiger partial charge >= 0.3 is 5.97 Å². The van der Waals surface area contributed by atoms with Gasteiger partial charge in [0.1, 0.15) is 6.29 Å². The third-order valence-corrected chi connectivity index (χ3v) is 1.57. The van der Waals surface area contributed by atoms with Gasteiger partial charge in [-0.15, -0.1) is 0 Å². The second kappa shape index (κ2) is 3.51. The first-order valence-electron chi connectivity index (χ1n) is 3.58. The Morgan fingerprint density at radius 2 is 2.09 bits per heavy atom. The van der Waals surface area contributed by atoms with Crippen molar-refractivity contribution in [2.75, 3.05) is 0 Å². The van der Waals surface area contributed by atoms with Gasteiger partial charge in [-0.2, -0.15) is 0 Å². The summed E-state index contributed by atoms with van der Waals surface area (Å²) in [6.45, 7) is 5.08. The molecule has 11 heavy (non-hydrogen) atoms. The molecule has 0 saturated heterocycles. The molecule has 0 aliphatic carbocycles. The molecule has 0 heterocycles. The fourth-order valence-electron chi connectivity index (χ4n) is 0.925. The Bertz CT molecular complexity index is 161. The number of hydrogen-bond donors (Lipinski definition) is 1. The van der Waals surface area contributed by atoms with E-state index in [-0.39, 0.29) is 0 Å². The number of rotatable bonds is 4. The number of aliphatic carboxylic acids is 1. The summed E-state index contributed by atoms with van der Waals surface area (Å²) in [7, 11) is 0. The van der Waals surface area contributed by atoms with Gasteiger partial charge in [0.2, 0.25) is 0 Å². The van der Waals surface area contributed by atoms with E-state index in [9.17, 15) is 9.59 Å². The molecule has 0 spiro atoms. The summed E-state index contributed by atoms with van der Waals surface area (Å²) >= 11 is 0.